The molecule has 0 saturated heterocycles. The minimum atomic E-state index is -4.20. The maximum Gasteiger partial charge on any atom is 0.343 e. The van der Waals surface area contributed by atoms with E-state index in [1.807, 2.05) is 18.2 Å². The van der Waals surface area contributed by atoms with Crippen LogP contribution in [0.5, 0.6) is 0 Å². The lowest BCUT2D eigenvalue weighted by molar-refractivity contribution is 0.0523. The molecular weight excluding hydrogens is 354 g/mol. The lowest BCUT2D eigenvalue weighted by Crippen LogP contribution is -2.09. The maximum atomic E-state index is 12.2. The van der Waals surface area contributed by atoms with E-state index >= 15 is 0 Å². The van der Waals surface area contributed by atoms with Gasteiger partial charge in [-0.25, -0.2) is 18.2 Å². The highest BCUT2D eigenvalue weighted by Crippen LogP contribution is 2.29. The van der Waals surface area contributed by atoms with Gasteiger partial charge in [-0.2, -0.15) is 5.10 Å². The van der Waals surface area contributed by atoms with Crippen LogP contribution >= 0.6 is 10.7 Å². The van der Waals surface area contributed by atoms with Gasteiger partial charge in [0.2, 0.25) is 0 Å². The fourth-order valence-corrected chi connectivity index (χ4v) is 3.19. The number of halogens is 1. The number of hydrogen-bond acceptors (Lipinski definition) is 6. The number of carbonyl (C=O) groups excluding carboxylic acids is 1. The van der Waals surface area contributed by atoms with Gasteiger partial charge in [0, 0.05) is 16.1 Å². The number of rotatable bonds is 4. The highest BCUT2D eigenvalue weighted by molar-refractivity contribution is 8.13. The van der Waals surface area contributed by atoms with Crippen molar-refractivity contribution < 1.29 is 17.9 Å². The average Bonchev–Trinajstić information content (AvgIpc) is 3.00. The second-order valence-corrected chi connectivity index (χ2v) is 7.33. The zero-order valence-corrected chi connectivity index (χ0v) is 14.1. The minimum absolute atomic E-state index is 0.0680. The number of aromatic amines is 1. The Labute approximate surface area is 142 Å². The van der Waals surface area contributed by atoms with E-state index in [0.29, 0.717) is 11.2 Å². The van der Waals surface area contributed by atoms with Gasteiger partial charge in [-0.1, -0.05) is 24.3 Å². The van der Waals surface area contributed by atoms with Crippen LogP contribution in [0.15, 0.2) is 41.4 Å². The molecule has 0 fully saturated rings. The first-order valence-corrected chi connectivity index (χ1v) is 9.29. The van der Waals surface area contributed by atoms with Crippen molar-refractivity contribution in [2.45, 2.75) is 11.9 Å². The number of aromatic nitrogens is 3. The van der Waals surface area contributed by atoms with E-state index in [1.165, 1.54) is 0 Å². The summed E-state index contributed by atoms with van der Waals surface area (Å²) in [6, 6.07) is 10.8. The number of benzene rings is 1. The quantitative estimate of drug-likeness (QED) is 0.563. The first-order valence-electron chi connectivity index (χ1n) is 6.98. The van der Waals surface area contributed by atoms with Crippen LogP contribution in [-0.4, -0.2) is 36.2 Å². The standard InChI is InChI=1S/C15H12ClN3O4S/c1-2-23-15(20)12-13(18-19-14(12)24(16,21)22)11-8-7-9-5-3-4-6-10(9)17-11/h3-8H,2H2,1H3,(H,18,19). The molecule has 124 valence electrons. The Kier molecular flexibility index (Phi) is 4.25. The van der Waals surface area contributed by atoms with E-state index in [0.717, 1.165) is 5.39 Å². The third kappa shape index (κ3) is 2.98. The Morgan fingerprint density at radius 1 is 1.25 bits per heavy atom. The summed E-state index contributed by atoms with van der Waals surface area (Å²) in [5, 5.41) is 6.60. The molecule has 2 aromatic heterocycles. The number of ether oxygens (including phenoxy) is 1. The second-order valence-electron chi connectivity index (χ2n) is 4.82. The van der Waals surface area contributed by atoms with Crippen LogP contribution < -0.4 is 0 Å². The van der Waals surface area contributed by atoms with Gasteiger partial charge in [0.1, 0.15) is 11.3 Å². The van der Waals surface area contributed by atoms with Gasteiger partial charge in [-0.3, -0.25) is 5.10 Å². The fourth-order valence-electron chi connectivity index (χ4n) is 2.28. The molecule has 2 heterocycles. The molecule has 1 aromatic carbocycles. The van der Waals surface area contributed by atoms with Gasteiger partial charge in [0.15, 0.2) is 5.03 Å². The van der Waals surface area contributed by atoms with Crippen molar-refractivity contribution in [2.75, 3.05) is 6.61 Å². The molecule has 0 aliphatic rings. The third-order valence-corrected chi connectivity index (χ3v) is 4.54. The van der Waals surface area contributed by atoms with E-state index in [-0.39, 0.29) is 17.9 Å². The molecule has 1 N–H and O–H groups in total. The molecule has 0 spiro atoms. The number of para-hydroxylation sites is 1. The number of fused-ring (bicyclic) bond motifs is 1. The van der Waals surface area contributed by atoms with Crippen molar-refractivity contribution in [1.29, 1.82) is 0 Å². The van der Waals surface area contributed by atoms with Crippen LogP contribution in [0.3, 0.4) is 0 Å². The predicted octanol–water partition coefficient (Wildman–Crippen LogP) is 2.73. The summed E-state index contributed by atoms with van der Waals surface area (Å²) in [5.74, 6) is -0.838. The molecule has 0 amide bonds. The zero-order valence-electron chi connectivity index (χ0n) is 12.5. The summed E-state index contributed by atoms with van der Waals surface area (Å²) < 4.78 is 28.3. The summed E-state index contributed by atoms with van der Waals surface area (Å²) in [7, 11) is 1.18. The molecule has 0 saturated carbocycles. The number of hydrogen-bond donors (Lipinski definition) is 1. The minimum Gasteiger partial charge on any atom is -0.462 e. The Balaban J connectivity index is 2.22. The number of nitrogens with one attached hydrogen (secondary N) is 1. The summed E-state index contributed by atoms with van der Waals surface area (Å²) >= 11 is 0. The molecule has 0 bridgehead atoms. The highest BCUT2D eigenvalue weighted by atomic mass is 35.7. The third-order valence-electron chi connectivity index (χ3n) is 3.30. The van der Waals surface area contributed by atoms with E-state index in [1.54, 1.807) is 25.1 Å². The smallest absolute Gasteiger partial charge is 0.343 e. The number of esters is 1. The Morgan fingerprint density at radius 3 is 2.71 bits per heavy atom. The van der Waals surface area contributed by atoms with Crippen LogP contribution in [0.2, 0.25) is 0 Å². The first-order chi connectivity index (χ1) is 11.4. The molecule has 3 rings (SSSR count). The van der Waals surface area contributed by atoms with Crippen molar-refractivity contribution >= 4 is 36.6 Å². The monoisotopic (exact) mass is 365 g/mol. The normalized spacial score (nSPS) is 11.6. The van der Waals surface area contributed by atoms with Gasteiger partial charge in [-0.05, 0) is 19.1 Å². The lowest BCUT2D eigenvalue weighted by atomic mass is 10.1. The summed E-state index contributed by atoms with van der Waals surface area (Å²) in [6.07, 6.45) is 0. The number of nitrogens with zero attached hydrogens (tertiary/aromatic N) is 2. The van der Waals surface area contributed by atoms with Crippen LogP contribution in [0.4, 0.5) is 0 Å². The van der Waals surface area contributed by atoms with Crippen LogP contribution in [-0.2, 0) is 13.8 Å². The molecule has 9 heteroatoms. The molecule has 0 aliphatic heterocycles. The largest absolute Gasteiger partial charge is 0.462 e. The van der Waals surface area contributed by atoms with Gasteiger partial charge in [0.05, 0.1) is 17.8 Å². The molecule has 3 aromatic rings. The Morgan fingerprint density at radius 2 is 2.00 bits per heavy atom. The topological polar surface area (TPSA) is 102 Å². The van der Waals surface area contributed by atoms with Gasteiger partial charge in [-0.15, -0.1) is 0 Å². The van der Waals surface area contributed by atoms with Gasteiger partial charge >= 0.3 is 5.97 Å². The van der Waals surface area contributed by atoms with E-state index in [4.69, 9.17) is 15.4 Å². The number of carbonyl (C=O) groups is 1. The Bertz CT molecular complexity index is 1030. The van der Waals surface area contributed by atoms with Gasteiger partial charge < -0.3 is 4.74 Å². The van der Waals surface area contributed by atoms with Crippen molar-refractivity contribution in [1.82, 2.24) is 15.2 Å². The molecule has 7 nitrogen and oxygen atoms in total. The first kappa shape index (κ1) is 16.4. The summed E-state index contributed by atoms with van der Waals surface area (Å²) in [5.41, 5.74) is 0.829. The molecule has 0 atom stereocenters. The highest BCUT2D eigenvalue weighted by Gasteiger charge is 2.30. The van der Waals surface area contributed by atoms with Crippen LogP contribution in [0.1, 0.15) is 17.3 Å². The molecule has 0 radical (unpaired) electrons. The van der Waals surface area contributed by atoms with Crippen molar-refractivity contribution in [2.24, 2.45) is 0 Å². The second kappa shape index (κ2) is 6.21. The molecule has 24 heavy (non-hydrogen) atoms. The van der Waals surface area contributed by atoms with E-state index in [2.05, 4.69) is 15.2 Å². The molecule has 0 aliphatic carbocycles. The molecular formula is C15H12ClN3O4S. The van der Waals surface area contributed by atoms with Crippen molar-refractivity contribution in [3.05, 3.63) is 42.0 Å². The SMILES string of the molecule is CCOC(=O)c1c(-c2ccc3ccccc3n2)n[nH]c1S(=O)(=O)Cl. The van der Waals surface area contributed by atoms with Crippen LogP contribution in [0, 0.1) is 0 Å². The number of pyridine rings is 1. The lowest BCUT2D eigenvalue weighted by Gasteiger charge is -2.05. The zero-order chi connectivity index (χ0) is 17.3. The maximum absolute atomic E-state index is 12.2. The predicted molar refractivity (Wildman–Crippen MR) is 88.3 cm³/mol. The fraction of sp³-hybridized carbons (Fsp3) is 0.133. The Hall–Kier alpha value is -2.45. The average molecular weight is 366 g/mol. The summed E-state index contributed by atoms with van der Waals surface area (Å²) in [6.45, 7) is 1.69. The number of H-pyrrole nitrogens is 1. The molecule has 0 unspecified atom stereocenters. The van der Waals surface area contributed by atoms with E-state index in [9.17, 15) is 13.2 Å². The summed E-state index contributed by atoms with van der Waals surface area (Å²) in [4.78, 5) is 16.6. The van der Waals surface area contributed by atoms with E-state index < -0.39 is 20.0 Å². The van der Waals surface area contributed by atoms with Crippen molar-refractivity contribution in [3.8, 4) is 11.4 Å². The van der Waals surface area contributed by atoms with Crippen molar-refractivity contribution in [3.63, 3.8) is 0 Å². The van der Waals surface area contributed by atoms with Gasteiger partial charge in [0.25, 0.3) is 9.05 Å². The van der Waals surface area contributed by atoms with Crippen LogP contribution in [0.25, 0.3) is 22.3 Å².